The Kier molecular flexibility index (Phi) is 3.38. The van der Waals surface area contributed by atoms with Crippen molar-refractivity contribution < 1.29 is 0 Å². The molecule has 0 radical (unpaired) electrons. The molecule has 0 heteroatoms. The van der Waals surface area contributed by atoms with Gasteiger partial charge in [-0.2, -0.15) is 0 Å². The van der Waals surface area contributed by atoms with Gasteiger partial charge in [-0.25, -0.2) is 0 Å². The zero-order chi connectivity index (χ0) is 12.8. The van der Waals surface area contributed by atoms with Gasteiger partial charge in [0.05, 0.1) is 0 Å². The largest absolute Gasteiger partial charge is 0.0625 e. The molecule has 2 saturated carbocycles. The van der Waals surface area contributed by atoms with Crippen molar-refractivity contribution in [2.75, 3.05) is 0 Å². The maximum absolute atomic E-state index is 2.52. The Hall–Kier alpha value is 0. The minimum atomic E-state index is 0.586. The van der Waals surface area contributed by atoms with Crippen molar-refractivity contribution in [2.45, 2.75) is 73.6 Å². The van der Waals surface area contributed by atoms with E-state index in [9.17, 15) is 0 Å². The molecule has 0 saturated heterocycles. The maximum atomic E-state index is 2.52. The molecule has 0 N–H and O–H groups in total. The summed E-state index contributed by atoms with van der Waals surface area (Å²) >= 11 is 0. The summed E-state index contributed by atoms with van der Waals surface area (Å²) in [7, 11) is 0. The van der Waals surface area contributed by atoms with E-state index in [0.29, 0.717) is 10.8 Å². The smallest absolute Gasteiger partial charge is 0.0295 e. The zero-order valence-corrected chi connectivity index (χ0v) is 12.8. The first kappa shape index (κ1) is 13.4. The minimum absolute atomic E-state index is 0.586. The molecule has 2 aliphatic rings. The van der Waals surface area contributed by atoms with E-state index in [0.717, 1.165) is 23.7 Å². The van der Waals surface area contributed by atoms with Gasteiger partial charge < -0.3 is 0 Å². The molecule has 4 atom stereocenters. The molecule has 0 amide bonds. The molecule has 2 rings (SSSR count). The highest BCUT2D eigenvalue weighted by Gasteiger charge is 2.54. The Labute approximate surface area is 109 Å². The van der Waals surface area contributed by atoms with E-state index in [2.05, 4.69) is 41.5 Å². The van der Waals surface area contributed by atoms with Crippen molar-refractivity contribution in [2.24, 2.45) is 34.5 Å². The molecule has 0 aromatic heterocycles. The molecule has 17 heavy (non-hydrogen) atoms. The van der Waals surface area contributed by atoms with Crippen LogP contribution in [0.25, 0.3) is 0 Å². The topological polar surface area (TPSA) is 0 Å². The molecule has 4 unspecified atom stereocenters. The normalized spacial score (nSPS) is 40.6. The molecule has 0 aliphatic heterocycles. The highest BCUT2D eigenvalue weighted by Crippen LogP contribution is 2.61. The van der Waals surface area contributed by atoms with Crippen molar-refractivity contribution in [3.05, 3.63) is 0 Å². The van der Waals surface area contributed by atoms with Crippen molar-refractivity contribution in [1.82, 2.24) is 0 Å². The van der Waals surface area contributed by atoms with E-state index in [1.54, 1.807) is 0 Å². The summed E-state index contributed by atoms with van der Waals surface area (Å²) in [6.07, 6.45) is 7.35. The minimum Gasteiger partial charge on any atom is -0.0625 e. The van der Waals surface area contributed by atoms with Crippen LogP contribution in [0.1, 0.15) is 73.6 Å². The lowest BCUT2D eigenvalue weighted by Gasteiger charge is -2.32. The highest BCUT2D eigenvalue weighted by molar-refractivity contribution is 5.02. The van der Waals surface area contributed by atoms with Crippen LogP contribution in [0.2, 0.25) is 0 Å². The van der Waals surface area contributed by atoms with Gasteiger partial charge in [-0.05, 0) is 60.2 Å². The van der Waals surface area contributed by atoms with Gasteiger partial charge in [0.2, 0.25) is 0 Å². The predicted octanol–water partition coefficient (Wildman–Crippen LogP) is 5.52. The third-order valence-corrected chi connectivity index (χ3v) is 6.52. The average Bonchev–Trinajstić information content (AvgIpc) is 2.61. The predicted molar refractivity (Wildman–Crippen MR) is 76.0 cm³/mol. The average molecular weight is 236 g/mol. The van der Waals surface area contributed by atoms with Crippen molar-refractivity contribution in [3.63, 3.8) is 0 Å². The van der Waals surface area contributed by atoms with E-state index in [-0.39, 0.29) is 0 Å². The van der Waals surface area contributed by atoms with E-state index < -0.39 is 0 Å². The van der Waals surface area contributed by atoms with Crippen molar-refractivity contribution in [1.29, 1.82) is 0 Å². The van der Waals surface area contributed by atoms with Gasteiger partial charge in [-0.15, -0.1) is 0 Å². The van der Waals surface area contributed by atoms with Crippen molar-refractivity contribution in [3.8, 4) is 0 Å². The van der Waals surface area contributed by atoms with Crippen LogP contribution in [-0.4, -0.2) is 0 Å². The Balaban J connectivity index is 1.82. The highest BCUT2D eigenvalue weighted by atomic mass is 14.6. The molecule has 2 fully saturated rings. The second kappa shape index (κ2) is 4.28. The zero-order valence-electron chi connectivity index (χ0n) is 12.8. The third kappa shape index (κ3) is 2.56. The molecule has 0 nitrogen and oxygen atoms in total. The first-order chi connectivity index (χ1) is 7.75. The lowest BCUT2D eigenvalue weighted by atomic mass is 9.73. The van der Waals surface area contributed by atoms with Crippen LogP contribution in [0.5, 0.6) is 0 Å². The van der Waals surface area contributed by atoms with Crippen LogP contribution in [0.4, 0.5) is 0 Å². The number of rotatable bonds is 4. The van der Waals surface area contributed by atoms with Crippen LogP contribution in [0.15, 0.2) is 0 Å². The second-order valence-corrected chi connectivity index (χ2v) is 8.36. The molecule has 0 aromatic carbocycles. The lowest BCUT2D eigenvalue weighted by Crippen LogP contribution is -2.22. The van der Waals surface area contributed by atoms with Gasteiger partial charge in [0, 0.05) is 0 Å². The van der Waals surface area contributed by atoms with Gasteiger partial charge in [0.25, 0.3) is 0 Å². The summed E-state index contributed by atoms with van der Waals surface area (Å²) in [5.74, 6) is 3.94. The summed E-state index contributed by atoms with van der Waals surface area (Å²) in [4.78, 5) is 0. The van der Waals surface area contributed by atoms with Crippen LogP contribution in [0.3, 0.4) is 0 Å². The monoisotopic (exact) mass is 236 g/mol. The van der Waals surface area contributed by atoms with Crippen LogP contribution >= 0.6 is 0 Å². The molecule has 0 bridgehead atoms. The fraction of sp³-hybridized carbons (Fsp3) is 1.00. The first-order valence-corrected chi connectivity index (χ1v) is 7.75. The lowest BCUT2D eigenvalue weighted by molar-refractivity contribution is 0.183. The van der Waals surface area contributed by atoms with Gasteiger partial charge in [0.1, 0.15) is 0 Å². The molecule has 2 aliphatic carbocycles. The number of hydrogen-bond donors (Lipinski definition) is 0. The Morgan fingerprint density at radius 2 is 1.71 bits per heavy atom. The first-order valence-electron chi connectivity index (χ1n) is 7.75. The number of hydrogen-bond acceptors (Lipinski definition) is 0. The summed E-state index contributed by atoms with van der Waals surface area (Å²) < 4.78 is 0. The molecule has 0 heterocycles. The summed E-state index contributed by atoms with van der Waals surface area (Å²) in [6.45, 7) is 14.8. The fourth-order valence-corrected chi connectivity index (χ4v) is 4.29. The van der Waals surface area contributed by atoms with Crippen LogP contribution in [-0.2, 0) is 0 Å². The van der Waals surface area contributed by atoms with Gasteiger partial charge in [-0.1, -0.05) is 48.0 Å². The SMILES string of the molecule is CC1CCC(C(C)(C)CCC2C(C)C2(C)C)C1. The van der Waals surface area contributed by atoms with Crippen LogP contribution in [0, 0.1) is 34.5 Å². The van der Waals surface area contributed by atoms with E-state index in [1.165, 1.54) is 32.1 Å². The van der Waals surface area contributed by atoms with Gasteiger partial charge >= 0.3 is 0 Å². The standard InChI is InChI=1S/C17H32/c1-12-7-8-14(11-12)16(3,4)10-9-15-13(2)17(15,5)6/h12-15H,7-11H2,1-6H3. The molecule has 100 valence electrons. The van der Waals surface area contributed by atoms with E-state index in [1.807, 2.05) is 0 Å². The molecular weight excluding hydrogens is 204 g/mol. The quantitative estimate of drug-likeness (QED) is 0.603. The fourth-order valence-electron chi connectivity index (χ4n) is 4.29. The summed E-state index contributed by atoms with van der Waals surface area (Å²) in [5, 5.41) is 0. The Morgan fingerprint density at radius 1 is 1.12 bits per heavy atom. The van der Waals surface area contributed by atoms with Crippen LogP contribution < -0.4 is 0 Å². The van der Waals surface area contributed by atoms with Crippen molar-refractivity contribution >= 4 is 0 Å². The summed E-state index contributed by atoms with van der Waals surface area (Å²) in [6, 6.07) is 0. The Morgan fingerprint density at radius 3 is 2.12 bits per heavy atom. The van der Waals surface area contributed by atoms with Gasteiger partial charge in [0.15, 0.2) is 0 Å². The molecule has 0 aromatic rings. The van der Waals surface area contributed by atoms with Gasteiger partial charge in [-0.3, -0.25) is 0 Å². The molecular formula is C17H32. The second-order valence-electron chi connectivity index (χ2n) is 8.36. The van der Waals surface area contributed by atoms with E-state index in [4.69, 9.17) is 0 Å². The maximum Gasteiger partial charge on any atom is -0.0295 e. The van der Waals surface area contributed by atoms with E-state index >= 15 is 0 Å². The summed E-state index contributed by atoms with van der Waals surface area (Å²) in [5.41, 5.74) is 1.22. The third-order valence-electron chi connectivity index (χ3n) is 6.52. The molecule has 0 spiro atoms. The Bertz CT molecular complexity index is 274.